The molecule has 5 rings (SSSR count). The van der Waals surface area contributed by atoms with E-state index in [4.69, 9.17) is 0 Å². The van der Waals surface area contributed by atoms with Crippen molar-refractivity contribution < 1.29 is 13.2 Å². The summed E-state index contributed by atoms with van der Waals surface area (Å²) < 4.78 is 23.7. The normalized spacial score (nSPS) is 23.3. The minimum atomic E-state index is -3.07. The van der Waals surface area contributed by atoms with Gasteiger partial charge in [0.15, 0.2) is 9.84 Å². The molecule has 0 saturated carbocycles. The first-order chi connectivity index (χ1) is 14.9. The molecule has 2 aliphatic rings. The van der Waals surface area contributed by atoms with Crippen LogP contribution in [0.3, 0.4) is 0 Å². The fourth-order valence-electron chi connectivity index (χ4n) is 5.12. The number of fused-ring (bicyclic) bond motifs is 1. The topological polar surface area (TPSA) is 83.1 Å². The van der Waals surface area contributed by atoms with Gasteiger partial charge in [-0.3, -0.25) is 9.78 Å². The lowest BCUT2D eigenvalue weighted by Crippen LogP contribution is -2.42. The number of hydrogen-bond donors (Lipinski definition) is 1. The molecule has 31 heavy (non-hydrogen) atoms. The molecule has 2 aromatic heterocycles. The number of nitrogens with one attached hydrogen (secondary N) is 1. The molecule has 2 aliphatic heterocycles. The number of piperidine rings is 1. The van der Waals surface area contributed by atoms with Crippen LogP contribution in [0.25, 0.3) is 22.0 Å². The molecule has 0 unspecified atom stereocenters. The molecule has 0 bridgehead atoms. The van der Waals surface area contributed by atoms with E-state index in [2.05, 4.69) is 35.1 Å². The summed E-state index contributed by atoms with van der Waals surface area (Å²) in [5, 5.41) is 1.19. The number of likely N-dealkylation sites (tertiary alicyclic amines) is 1. The van der Waals surface area contributed by atoms with Crippen molar-refractivity contribution in [2.75, 3.05) is 24.6 Å². The Bertz CT molecular complexity index is 1230. The number of pyridine rings is 1. The minimum Gasteiger partial charge on any atom is -0.358 e. The predicted octanol–water partition coefficient (Wildman–Crippen LogP) is 3.68. The average Bonchev–Trinajstić information content (AvgIpc) is 3.33. The number of benzene rings is 1. The van der Waals surface area contributed by atoms with Crippen molar-refractivity contribution in [1.29, 1.82) is 0 Å². The number of amides is 1. The minimum absolute atomic E-state index is 0.000923. The predicted molar refractivity (Wildman–Crippen MR) is 122 cm³/mol. The molecule has 2 fully saturated rings. The van der Waals surface area contributed by atoms with Gasteiger partial charge in [-0.05, 0) is 56.0 Å². The molecule has 2 atom stereocenters. The lowest BCUT2D eigenvalue weighted by Gasteiger charge is -2.34. The van der Waals surface area contributed by atoms with E-state index in [0.717, 1.165) is 29.6 Å². The Labute approximate surface area is 182 Å². The summed E-state index contributed by atoms with van der Waals surface area (Å²) in [6, 6.07) is 10.5. The maximum Gasteiger partial charge on any atom is 0.226 e. The molecule has 4 heterocycles. The van der Waals surface area contributed by atoms with E-state index in [1.54, 1.807) is 0 Å². The summed E-state index contributed by atoms with van der Waals surface area (Å²) in [4.78, 5) is 22.8. The van der Waals surface area contributed by atoms with Crippen molar-refractivity contribution in [2.24, 2.45) is 5.92 Å². The lowest BCUT2D eigenvalue weighted by molar-refractivity contribution is -0.136. The number of aromatic nitrogens is 2. The van der Waals surface area contributed by atoms with Crippen molar-refractivity contribution in [3.05, 3.63) is 54.0 Å². The van der Waals surface area contributed by atoms with Crippen LogP contribution in [0.4, 0.5) is 0 Å². The van der Waals surface area contributed by atoms with Crippen molar-refractivity contribution in [1.82, 2.24) is 14.9 Å². The Morgan fingerprint density at radius 2 is 1.97 bits per heavy atom. The van der Waals surface area contributed by atoms with Gasteiger partial charge in [0.2, 0.25) is 5.91 Å². The molecule has 2 saturated heterocycles. The highest BCUT2D eigenvalue weighted by molar-refractivity contribution is 7.91. The Hall–Kier alpha value is -2.67. The number of hydrogen-bond acceptors (Lipinski definition) is 4. The van der Waals surface area contributed by atoms with Crippen LogP contribution in [0.1, 0.15) is 36.4 Å². The molecule has 3 aromatic rings. The monoisotopic (exact) mass is 437 g/mol. The molecule has 7 heteroatoms. The van der Waals surface area contributed by atoms with E-state index in [9.17, 15) is 13.2 Å². The number of sulfone groups is 1. The number of carbonyl (C=O) groups excluding carboxylic acids is 1. The Morgan fingerprint density at radius 3 is 2.71 bits per heavy atom. The summed E-state index contributed by atoms with van der Waals surface area (Å²) in [6.07, 6.45) is 5.99. The summed E-state index contributed by atoms with van der Waals surface area (Å²) >= 11 is 0. The summed E-state index contributed by atoms with van der Waals surface area (Å²) in [7, 11) is -3.07. The van der Waals surface area contributed by atoms with Crippen molar-refractivity contribution in [3.8, 4) is 11.1 Å². The number of carbonyl (C=O) groups is 1. The SMILES string of the molecule is Cc1ccc2[nH]c([C@@H]3CCCN(C(=O)[C@@H]4CCS(=O)(=O)C4)C3)c(-c3ccncc3)c2c1. The molecular formula is C24H27N3O3S. The third-order valence-corrected chi connectivity index (χ3v) is 8.44. The van der Waals surface area contributed by atoms with Gasteiger partial charge in [0.25, 0.3) is 0 Å². The van der Waals surface area contributed by atoms with Gasteiger partial charge in [0.1, 0.15) is 0 Å². The van der Waals surface area contributed by atoms with Gasteiger partial charge in [-0.15, -0.1) is 0 Å². The first-order valence-corrected chi connectivity index (χ1v) is 12.8. The van der Waals surface area contributed by atoms with Crippen molar-refractivity contribution >= 4 is 26.6 Å². The molecule has 162 valence electrons. The van der Waals surface area contributed by atoms with Gasteiger partial charge < -0.3 is 9.88 Å². The lowest BCUT2D eigenvalue weighted by atomic mass is 9.89. The van der Waals surface area contributed by atoms with E-state index in [1.807, 2.05) is 29.4 Å². The fraction of sp³-hybridized carbons (Fsp3) is 0.417. The van der Waals surface area contributed by atoms with Gasteiger partial charge in [-0.2, -0.15) is 0 Å². The van der Waals surface area contributed by atoms with E-state index in [0.29, 0.717) is 19.5 Å². The van der Waals surface area contributed by atoms with E-state index < -0.39 is 9.84 Å². The zero-order valence-electron chi connectivity index (χ0n) is 17.7. The van der Waals surface area contributed by atoms with Gasteiger partial charge in [0, 0.05) is 53.6 Å². The molecular weight excluding hydrogens is 410 g/mol. The zero-order valence-corrected chi connectivity index (χ0v) is 18.5. The average molecular weight is 438 g/mol. The smallest absolute Gasteiger partial charge is 0.226 e. The second-order valence-electron chi connectivity index (χ2n) is 8.92. The first-order valence-electron chi connectivity index (χ1n) is 10.9. The highest BCUT2D eigenvalue weighted by atomic mass is 32.2. The molecule has 0 aliphatic carbocycles. The second-order valence-corrected chi connectivity index (χ2v) is 11.2. The Balaban J connectivity index is 1.50. The van der Waals surface area contributed by atoms with Gasteiger partial charge >= 0.3 is 0 Å². The van der Waals surface area contributed by atoms with Crippen LogP contribution in [-0.2, 0) is 14.6 Å². The number of aromatic amines is 1. The molecule has 1 aromatic carbocycles. The number of nitrogens with zero attached hydrogens (tertiary/aromatic N) is 2. The number of H-pyrrole nitrogens is 1. The van der Waals surface area contributed by atoms with E-state index >= 15 is 0 Å². The number of aryl methyl sites for hydroxylation is 1. The van der Waals surface area contributed by atoms with Gasteiger partial charge in [-0.25, -0.2) is 8.42 Å². The molecule has 0 radical (unpaired) electrons. The van der Waals surface area contributed by atoms with Gasteiger partial charge in [0.05, 0.1) is 17.4 Å². The van der Waals surface area contributed by atoms with Gasteiger partial charge in [-0.1, -0.05) is 11.6 Å². The van der Waals surface area contributed by atoms with Crippen LogP contribution in [0.15, 0.2) is 42.7 Å². The summed E-state index contributed by atoms with van der Waals surface area (Å²) in [5.41, 5.74) is 5.76. The Morgan fingerprint density at radius 1 is 1.16 bits per heavy atom. The summed E-state index contributed by atoms with van der Waals surface area (Å²) in [6.45, 7) is 3.42. The molecule has 1 N–H and O–H groups in total. The summed E-state index contributed by atoms with van der Waals surface area (Å²) in [5.74, 6) is -0.0571. The molecule has 0 spiro atoms. The van der Waals surface area contributed by atoms with E-state index in [1.165, 1.54) is 16.5 Å². The second kappa shape index (κ2) is 7.79. The van der Waals surface area contributed by atoms with Crippen molar-refractivity contribution in [2.45, 2.75) is 32.1 Å². The quantitative estimate of drug-likeness (QED) is 0.678. The first kappa shape index (κ1) is 20.2. The number of rotatable bonds is 3. The zero-order chi connectivity index (χ0) is 21.6. The van der Waals surface area contributed by atoms with Crippen LogP contribution >= 0.6 is 0 Å². The Kier molecular flexibility index (Phi) is 5.08. The highest BCUT2D eigenvalue weighted by Gasteiger charge is 2.37. The van der Waals surface area contributed by atoms with E-state index in [-0.39, 0.29) is 29.2 Å². The fourth-order valence-corrected chi connectivity index (χ4v) is 6.86. The highest BCUT2D eigenvalue weighted by Crippen LogP contribution is 2.40. The third kappa shape index (κ3) is 3.87. The third-order valence-electron chi connectivity index (χ3n) is 6.68. The van der Waals surface area contributed by atoms with Crippen LogP contribution in [0.2, 0.25) is 0 Å². The standard InChI is InChI=1S/C24H27N3O3S/c1-16-4-5-21-20(13-16)22(17-6-9-25-10-7-17)23(26-21)18-3-2-11-27(14-18)24(28)19-8-12-31(29,30)15-19/h4-7,9-10,13,18-19,26H,2-3,8,11-12,14-15H2,1H3/t18-,19-/m1/s1. The maximum atomic E-state index is 13.1. The van der Waals surface area contributed by atoms with Crippen LogP contribution in [-0.4, -0.2) is 53.8 Å². The van der Waals surface area contributed by atoms with Crippen LogP contribution in [0.5, 0.6) is 0 Å². The maximum absolute atomic E-state index is 13.1. The van der Waals surface area contributed by atoms with Crippen LogP contribution in [0, 0.1) is 12.8 Å². The van der Waals surface area contributed by atoms with Crippen molar-refractivity contribution in [3.63, 3.8) is 0 Å². The van der Waals surface area contributed by atoms with Crippen LogP contribution < -0.4 is 0 Å². The molecule has 1 amide bonds. The largest absolute Gasteiger partial charge is 0.358 e. The molecule has 6 nitrogen and oxygen atoms in total.